The van der Waals surface area contributed by atoms with E-state index >= 15 is 0 Å². The Morgan fingerprint density at radius 1 is 0.154 bits per heavy atom. The maximum Gasteiger partial charge on any atom is 0.145 e. The molecule has 0 saturated carbocycles. The zero-order chi connectivity index (χ0) is 94.9. The first-order valence-electron chi connectivity index (χ1n) is 48.4. The monoisotopic (exact) mass is 1820 g/mol. The van der Waals surface area contributed by atoms with Crippen molar-refractivity contribution in [1.82, 2.24) is 39.5 Å². The van der Waals surface area contributed by atoms with Crippen molar-refractivity contribution in [3.63, 3.8) is 0 Å². The van der Waals surface area contributed by atoms with Gasteiger partial charge in [0, 0.05) is 89.3 Å². The third-order valence-electron chi connectivity index (χ3n) is 27.7. The second-order valence-electron chi connectivity index (χ2n) is 36.2. The normalized spacial score (nSPS) is 11.4. The third-order valence-corrected chi connectivity index (χ3v) is 27.7. The van der Waals surface area contributed by atoms with Crippen LogP contribution in [-0.2, 0) is 0 Å². The number of imidazole rings is 1. The van der Waals surface area contributed by atoms with Gasteiger partial charge in [0.1, 0.15) is 5.82 Å². The molecule has 0 amide bonds. The predicted molar refractivity (Wildman–Crippen MR) is 597 cm³/mol. The molecule has 668 valence electrons. The second-order valence-corrected chi connectivity index (χ2v) is 36.2. The van der Waals surface area contributed by atoms with E-state index in [-0.39, 0.29) is 0 Å². The summed E-state index contributed by atoms with van der Waals surface area (Å²) in [6, 6.07) is 172. The molecule has 0 saturated heterocycles. The molecule has 0 unspecified atom stereocenters. The minimum Gasteiger partial charge on any atom is -0.292 e. The smallest absolute Gasteiger partial charge is 0.145 e. The molecule has 8 nitrogen and oxygen atoms in total. The van der Waals surface area contributed by atoms with Crippen molar-refractivity contribution in [2.24, 2.45) is 0 Å². The molecule has 0 atom stereocenters. The first-order valence-corrected chi connectivity index (χ1v) is 48.4. The van der Waals surface area contributed by atoms with E-state index in [2.05, 4.69) is 473 Å². The fraction of sp³-hybridized carbons (Fsp3) is 0. The van der Waals surface area contributed by atoms with Crippen LogP contribution in [0.25, 0.3) is 259 Å². The molecule has 0 bridgehead atoms. The van der Waals surface area contributed by atoms with Crippen molar-refractivity contribution in [1.29, 1.82) is 0 Å². The first-order chi connectivity index (χ1) is 70.9. The van der Waals surface area contributed by atoms with Crippen molar-refractivity contribution in [2.45, 2.75) is 0 Å². The average molecular weight is 1820 g/mol. The van der Waals surface area contributed by atoms with E-state index in [4.69, 9.17) is 15.0 Å². The van der Waals surface area contributed by atoms with Gasteiger partial charge < -0.3 is 0 Å². The molecule has 7 aromatic heterocycles. The molecule has 0 aliphatic rings. The quantitative estimate of drug-likeness (QED) is 0.0944. The minimum atomic E-state index is 0.899. The summed E-state index contributed by atoms with van der Waals surface area (Å²) in [5.41, 5.74) is 33.9. The second kappa shape index (κ2) is 37.7. The lowest BCUT2D eigenvalue weighted by Crippen LogP contribution is -1.97. The van der Waals surface area contributed by atoms with E-state index < -0.39 is 0 Å². The Morgan fingerprint density at radius 2 is 0.497 bits per heavy atom. The summed E-state index contributed by atoms with van der Waals surface area (Å²) >= 11 is 0. The van der Waals surface area contributed by atoms with E-state index in [1.165, 1.54) is 143 Å². The van der Waals surface area contributed by atoms with Crippen LogP contribution < -0.4 is 0 Å². The molecule has 27 rings (SSSR count). The first kappa shape index (κ1) is 85.5. The molecule has 8 heteroatoms. The lowest BCUT2D eigenvalue weighted by Gasteiger charge is -2.19. The third kappa shape index (κ3) is 16.5. The summed E-state index contributed by atoms with van der Waals surface area (Å²) in [6.07, 6.45) is 16.8. The van der Waals surface area contributed by atoms with Gasteiger partial charge in [0.15, 0.2) is 0 Å². The molecular formula is C135H88N8. The minimum absolute atomic E-state index is 0.899. The summed E-state index contributed by atoms with van der Waals surface area (Å²) in [7, 11) is 0. The number of fused-ring (bicyclic) bond motifs is 9. The molecule has 143 heavy (non-hydrogen) atoms. The van der Waals surface area contributed by atoms with Crippen LogP contribution in [0.5, 0.6) is 0 Å². The van der Waals surface area contributed by atoms with Gasteiger partial charge in [0.05, 0.1) is 28.1 Å². The van der Waals surface area contributed by atoms with Crippen molar-refractivity contribution in [2.75, 3.05) is 0 Å². The maximum absolute atomic E-state index is 5.12. The Kier molecular flexibility index (Phi) is 22.6. The summed E-state index contributed by atoms with van der Waals surface area (Å²) in [5, 5.41) is 19.5. The topological polar surface area (TPSA) is 95.2 Å². The lowest BCUT2D eigenvalue weighted by atomic mass is 9.84. The van der Waals surface area contributed by atoms with Crippen LogP contribution in [0.15, 0.2) is 535 Å². The van der Waals surface area contributed by atoms with Gasteiger partial charge >= 0.3 is 0 Å². The summed E-state index contributed by atoms with van der Waals surface area (Å²) in [5.74, 6) is 0.933. The van der Waals surface area contributed by atoms with Crippen LogP contribution in [-0.4, -0.2) is 39.5 Å². The van der Waals surface area contributed by atoms with Crippen LogP contribution in [0.3, 0.4) is 0 Å². The van der Waals surface area contributed by atoms with Gasteiger partial charge in [-0.15, -0.1) is 0 Å². The fourth-order valence-corrected chi connectivity index (χ4v) is 21.0. The van der Waals surface area contributed by atoms with Crippen molar-refractivity contribution < 1.29 is 0 Å². The SMILES string of the molecule is c1ccc(-c2ccc3c(-c4ccc(-c5cccnc5)nc4)c4ccccc4c(-c4ccc(-c5ccccn5)cn4)c3c2)cc1.c1ccc(-c2ccc3c(-c4cccc(-c5ccncc5)c4)c4ccccc4c(-c4cccc(-c5ccncc5)c4)c3c2)cc1.c1ccc(-n2c(-c3ccc(-c4ccc5c(-c6ccc7ccccc7c6)c6ccccc6c(-c6ccc7ccccc7c6)c5c4)cc3)nc3ccccc32)cc1. The van der Waals surface area contributed by atoms with Gasteiger partial charge in [0.25, 0.3) is 0 Å². The highest BCUT2D eigenvalue weighted by Gasteiger charge is 2.25. The highest BCUT2D eigenvalue weighted by atomic mass is 15.1. The number of hydrogen-bond donors (Lipinski definition) is 0. The fourth-order valence-electron chi connectivity index (χ4n) is 21.0. The zero-order valence-electron chi connectivity index (χ0n) is 77.9. The van der Waals surface area contributed by atoms with Crippen molar-refractivity contribution in [3.05, 3.63) is 535 Å². The van der Waals surface area contributed by atoms with Gasteiger partial charge in [-0.1, -0.05) is 346 Å². The van der Waals surface area contributed by atoms with E-state index in [0.717, 1.165) is 117 Å². The van der Waals surface area contributed by atoms with Crippen LogP contribution in [0.1, 0.15) is 0 Å². The Hall–Kier alpha value is -19.2. The van der Waals surface area contributed by atoms with Crippen LogP contribution in [0, 0.1) is 0 Å². The molecule has 0 N–H and O–H groups in total. The van der Waals surface area contributed by atoms with Gasteiger partial charge in [-0.2, -0.15) is 0 Å². The molecule has 0 radical (unpaired) electrons. The highest BCUT2D eigenvalue weighted by Crippen LogP contribution is 2.51. The van der Waals surface area contributed by atoms with Crippen molar-refractivity contribution in [3.8, 4) is 162 Å². The Balaban J connectivity index is 0.000000114. The molecule has 20 aromatic carbocycles. The molecular weight excluding hydrogens is 1730 g/mol. The number of rotatable bonds is 15. The predicted octanol–water partition coefficient (Wildman–Crippen LogP) is 35.3. The number of pyridine rings is 6. The average Bonchev–Trinajstić information content (AvgIpc) is 1.12. The Labute approximate surface area is 828 Å². The molecule has 0 spiro atoms. The van der Waals surface area contributed by atoms with E-state index in [1.54, 1.807) is 6.20 Å². The van der Waals surface area contributed by atoms with Crippen LogP contribution in [0.4, 0.5) is 0 Å². The van der Waals surface area contributed by atoms with Crippen molar-refractivity contribution >= 4 is 97.2 Å². The van der Waals surface area contributed by atoms with Gasteiger partial charge in [-0.25, -0.2) is 4.98 Å². The molecule has 7 heterocycles. The van der Waals surface area contributed by atoms with E-state index in [9.17, 15) is 0 Å². The molecule has 0 aliphatic heterocycles. The molecule has 27 aromatic rings. The van der Waals surface area contributed by atoms with Crippen LogP contribution in [0.2, 0.25) is 0 Å². The summed E-state index contributed by atoms with van der Waals surface area (Å²) in [6.45, 7) is 0. The van der Waals surface area contributed by atoms with E-state index in [1.807, 2.05) is 79.9 Å². The summed E-state index contributed by atoms with van der Waals surface area (Å²) < 4.78 is 2.26. The number of para-hydroxylation sites is 3. The number of benzene rings is 20. The van der Waals surface area contributed by atoms with Gasteiger partial charge in [0.2, 0.25) is 0 Å². The standard InChI is InChI=1S/C53H34N2.C42H28N2.C40H26N4/c1-2-16-44(17-3-1)55-50-21-11-10-20-49(50)54-53(55)38-26-22-37(23-27-38)41-30-31-47-48(34-41)52(43-29-25-36-13-5-7-15-40(36)33-43)46-19-9-8-18-45(46)51(47)42-28-24-35-12-4-6-14-39(35)32-42;1-2-8-29(9-3-1)34-16-17-39-40(28-34)42(36-13-7-11-33(27-36)31-20-24-44-25-21-31)38-15-5-4-14-37(38)41(39)35-12-6-10-32(26-35)30-18-22-43-23-19-30;1-2-9-27(10-3-1)28-15-18-34-35(23-28)40(38-20-16-30(25-44-38)36-14-6-7-22-42-36)33-13-5-4-12-32(33)39(34)31-17-19-37(43-26-31)29-11-8-21-41-24-29/h1-34H;1-28H;1-26H. The molecule has 0 fully saturated rings. The Bertz CT molecular complexity index is 9460. The lowest BCUT2D eigenvalue weighted by molar-refractivity contribution is 1.10. The zero-order valence-corrected chi connectivity index (χ0v) is 77.9. The number of nitrogens with zero attached hydrogens (tertiary/aromatic N) is 8. The van der Waals surface area contributed by atoms with Gasteiger partial charge in [-0.3, -0.25) is 34.5 Å². The number of hydrogen-bond acceptors (Lipinski definition) is 7. The maximum atomic E-state index is 5.12. The van der Waals surface area contributed by atoms with Crippen LogP contribution >= 0.6 is 0 Å². The number of aromatic nitrogens is 8. The Morgan fingerprint density at radius 3 is 0.986 bits per heavy atom. The highest BCUT2D eigenvalue weighted by molar-refractivity contribution is 6.26. The largest absolute Gasteiger partial charge is 0.292 e. The van der Waals surface area contributed by atoms with E-state index in [0.29, 0.717) is 0 Å². The molecule has 0 aliphatic carbocycles. The summed E-state index contributed by atoms with van der Waals surface area (Å²) in [4.78, 5) is 32.2. The van der Waals surface area contributed by atoms with Gasteiger partial charge in [-0.05, 0) is 325 Å².